The third-order valence-corrected chi connectivity index (χ3v) is 4.74. The van der Waals surface area contributed by atoms with Crippen molar-refractivity contribution >= 4 is 29.1 Å². The van der Waals surface area contributed by atoms with E-state index in [1.807, 2.05) is 13.2 Å². The molecule has 1 aromatic heterocycles. The van der Waals surface area contributed by atoms with Crippen LogP contribution in [-0.4, -0.2) is 41.7 Å². The fraction of sp³-hybridized carbons (Fsp3) is 0.353. The number of amides is 2. The highest BCUT2D eigenvalue weighted by Gasteiger charge is 2.34. The highest BCUT2D eigenvalue weighted by atomic mass is 35.5. The van der Waals surface area contributed by atoms with E-state index in [9.17, 15) is 9.59 Å². The molecule has 2 atom stereocenters. The number of nitrogens with one attached hydrogen (secondary N) is 3. The topological polar surface area (TPSA) is 88.1 Å². The van der Waals surface area contributed by atoms with E-state index in [0.29, 0.717) is 22.8 Å². The largest absolute Gasteiger partial charge is 0.355 e. The van der Waals surface area contributed by atoms with E-state index in [-0.39, 0.29) is 23.7 Å². The molecule has 3 N–H and O–H groups in total. The average molecular weight is 362 g/mol. The van der Waals surface area contributed by atoms with Gasteiger partial charge in [0.2, 0.25) is 5.91 Å². The summed E-state index contributed by atoms with van der Waals surface area (Å²) in [6.07, 6.45) is 3.73. The Hall–Kier alpha value is -2.38. The van der Waals surface area contributed by atoms with Gasteiger partial charge in [-0.25, -0.2) is 0 Å². The van der Waals surface area contributed by atoms with Gasteiger partial charge in [-0.15, -0.1) is 0 Å². The van der Waals surface area contributed by atoms with Crippen LogP contribution in [0.25, 0.3) is 0 Å². The maximum Gasteiger partial charge on any atom is 0.252 e. The minimum atomic E-state index is -0.295. The minimum Gasteiger partial charge on any atom is -0.355 e. The van der Waals surface area contributed by atoms with Gasteiger partial charge in [0.15, 0.2) is 0 Å². The Kier molecular flexibility index (Phi) is 5.06. The zero-order valence-electron chi connectivity index (χ0n) is 14.0. The summed E-state index contributed by atoms with van der Waals surface area (Å²) >= 11 is 6.05. The summed E-state index contributed by atoms with van der Waals surface area (Å²) in [5, 5.41) is 13.2. The van der Waals surface area contributed by atoms with Crippen LogP contribution in [0.5, 0.6) is 0 Å². The number of hydrogen-bond acceptors (Lipinski definition) is 4. The van der Waals surface area contributed by atoms with Crippen LogP contribution >= 0.6 is 11.6 Å². The first-order valence-electron chi connectivity index (χ1n) is 8.01. The summed E-state index contributed by atoms with van der Waals surface area (Å²) < 4.78 is 1.73. The molecule has 7 nitrogen and oxygen atoms in total. The van der Waals surface area contributed by atoms with Crippen LogP contribution < -0.4 is 16.0 Å². The van der Waals surface area contributed by atoms with Gasteiger partial charge in [-0.2, -0.15) is 5.10 Å². The average Bonchev–Trinajstić information content (AvgIpc) is 3.24. The molecule has 1 aliphatic rings. The van der Waals surface area contributed by atoms with Crippen LogP contribution in [0.2, 0.25) is 5.02 Å². The van der Waals surface area contributed by atoms with E-state index in [0.717, 1.165) is 12.1 Å². The molecule has 3 rings (SSSR count). The molecule has 0 spiro atoms. The molecule has 2 aromatic rings. The summed E-state index contributed by atoms with van der Waals surface area (Å²) in [4.78, 5) is 24.6. The third kappa shape index (κ3) is 3.67. The number of carbonyl (C=O) groups is 2. The number of anilines is 1. The predicted molar refractivity (Wildman–Crippen MR) is 95.8 cm³/mol. The van der Waals surface area contributed by atoms with Crippen molar-refractivity contribution in [1.82, 2.24) is 20.4 Å². The second-order valence-corrected chi connectivity index (χ2v) is 6.49. The molecule has 2 amide bonds. The lowest BCUT2D eigenvalue weighted by Crippen LogP contribution is -2.28. The van der Waals surface area contributed by atoms with Crippen LogP contribution in [0.15, 0.2) is 30.6 Å². The van der Waals surface area contributed by atoms with E-state index < -0.39 is 0 Å². The molecule has 0 unspecified atom stereocenters. The van der Waals surface area contributed by atoms with Gasteiger partial charge in [-0.3, -0.25) is 14.3 Å². The zero-order valence-corrected chi connectivity index (χ0v) is 14.8. The number of carbonyl (C=O) groups excluding carboxylic acids is 2. The summed E-state index contributed by atoms with van der Waals surface area (Å²) in [7, 11) is 3.39. The molecule has 0 saturated carbocycles. The Balaban J connectivity index is 1.76. The van der Waals surface area contributed by atoms with Gasteiger partial charge in [0, 0.05) is 45.0 Å². The second kappa shape index (κ2) is 7.25. The van der Waals surface area contributed by atoms with Gasteiger partial charge in [-0.05, 0) is 23.8 Å². The molecule has 132 valence electrons. The monoisotopic (exact) mass is 361 g/mol. The second-order valence-electron chi connectivity index (χ2n) is 6.08. The lowest BCUT2D eigenvalue weighted by Gasteiger charge is -2.17. The van der Waals surface area contributed by atoms with Crippen molar-refractivity contribution in [2.24, 2.45) is 13.0 Å². The van der Waals surface area contributed by atoms with Gasteiger partial charge in [0.25, 0.3) is 5.91 Å². The van der Waals surface area contributed by atoms with Gasteiger partial charge < -0.3 is 16.0 Å². The molecular weight excluding hydrogens is 342 g/mol. The molecular formula is C17H20ClN5O2. The standard InChI is InChI=1S/C17H20ClN5O2/c1-19-16(24)12-5-11(3-4-15(12)18)22-17(25)14-8-20-7-13(14)10-6-21-23(2)9-10/h3-6,9,13-14,20H,7-8H2,1-2H3,(H,19,24)(H,22,25)/t13-,14+/m1/s1. The normalized spacial score (nSPS) is 19.6. The number of benzene rings is 1. The van der Waals surface area contributed by atoms with E-state index >= 15 is 0 Å². The van der Waals surface area contributed by atoms with Gasteiger partial charge in [-0.1, -0.05) is 11.6 Å². The first-order valence-corrected chi connectivity index (χ1v) is 8.39. The van der Waals surface area contributed by atoms with Crippen LogP contribution in [-0.2, 0) is 11.8 Å². The Morgan fingerprint density at radius 3 is 2.84 bits per heavy atom. The highest BCUT2D eigenvalue weighted by Crippen LogP contribution is 2.29. The molecule has 0 aliphatic carbocycles. The van der Waals surface area contributed by atoms with Gasteiger partial charge in [0.05, 0.1) is 22.7 Å². The number of aryl methyl sites for hydroxylation is 1. The number of nitrogens with zero attached hydrogens (tertiary/aromatic N) is 2. The SMILES string of the molecule is CNC(=O)c1cc(NC(=O)[C@H]2CNC[C@@H]2c2cnn(C)c2)ccc1Cl. The minimum absolute atomic E-state index is 0.0689. The summed E-state index contributed by atoms with van der Waals surface area (Å²) in [5.74, 6) is -0.524. The number of halogens is 1. The maximum absolute atomic E-state index is 12.7. The molecule has 0 bridgehead atoms. The molecule has 1 aromatic carbocycles. The van der Waals surface area contributed by atoms with Crippen molar-refractivity contribution in [3.8, 4) is 0 Å². The van der Waals surface area contributed by atoms with Crippen LogP contribution in [0.3, 0.4) is 0 Å². The van der Waals surface area contributed by atoms with Crippen LogP contribution in [0.4, 0.5) is 5.69 Å². The Morgan fingerprint density at radius 2 is 2.16 bits per heavy atom. The van der Waals surface area contributed by atoms with Crippen molar-refractivity contribution in [3.63, 3.8) is 0 Å². The summed E-state index contributed by atoms with van der Waals surface area (Å²) in [6, 6.07) is 4.88. The van der Waals surface area contributed by atoms with E-state index in [1.165, 1.54) is 7.05 Å². The summed E-state index contributed by atoms with van der Waals surface area (Å²) in [6.45, 7) is 1.33. The zero-order chi connectivity index (χ0) is 18.0. The molecule has 2 heterocycles. The highest BCUT2D eigenvalue weighted by molar-refractivity contribution is 6.34. The van der Waals surface area contributed by atoms with Crippen molar-refractivity contribution in [1.29, 1.82) is 0 Å². The number of aromatic nitrogens is 2. The smallest absolute Gasteiger partial charge is 0.252 e. The van der Waals surface area contributed by atoms with Crippen LogP contribution in [0, 0.1) is 5.92 Å². The molecule has 1 fully saturated rings. The van der Waals surface area contributed by atoms with E-state index in [4.69, 9.17) is 11.6 Å². The molecule has 25 heavy (non-hydrogen) atoms. The number of hydrogen-bond donors (Lipinski definition) is 3. The Labute approximate surface area is 150 Å². The van der Waals surface area contributed by atoms with Crippen molar-refractivity contribution in [2.45, 2.75) is 5.92 Å². The Morgan fingerprint density at radius 1 is 1.36 bits per heavy atom. The predicted octanol–water partition coefficient (Wildman–Crippen LogP) is 1.37. The Bertz CT molecular complexity index is 804. The first kappa shape index (κ1) is 17.4. The fourth-order valence-corrected chi connectivity index (χ4v) is 3.29. The fourth-order valence-electron chi connectivity index (χ4n) is 3.08. The first-order chi connectivity index (χ1) is 12.0. The van der Waals surface area contributed by atoms with E-state index in [1.54, 1.807) is 29.1 Å². The van der Waals surface area contributed by atoms with Crippen molar-refractivity contribution in [3.05, 3.63) is 46.7 Å². The quantitative estimate of drug-likeness (QED) is 0.767. The molecule has 8 heteroatoms. The van der Waals surface area contributed by atoms with Crippen molar-refractivity contribution < 1.29 is 9.59 Å². The summed E-state index contributed by atoms with van der Waals surface area (Å²) in [5.41, 5.74) is 1.91. The maximum atomic E-state index is 12.7. The van der Waals surface area contributed by atoms with Gasteiger partial charge >= 0.3 is 0 Å². The lowest BCUT2D eigenvalue weighted by atomic mass is 9.90. The number of rotatable bonds is 4. The van der Waals surface area contributed by atoms with E-state index in [2.05, 4.69) is 21.0 Å². The lowest BCUT2D eigenvalue weighted by molar-refractivity contribution is -0.119. The molecule has 0 radical (unpaired) electrons. The molecule has 1 aliphatic heterocycles. The van der Waals surface area contributed by atoms with Crippen molar-refractivity contribution in [2.75, 3.05) is 25.5 Å². The van der Waals surface area contributed by atoms with Gasteiger partial charge in [0.1, 0.15) is 0 Å². The van der Waals surface area contributed by atoms with Crippen LogP contribution in [0.1, 0.15) is 21.8 Å². The molecule has 1 saturated heterocycles. The third-order valence-electron chi connectivity index (χ3n) is 4.41.